The molecule has 0 saturated heterocycles. The fraction of sp³-hybridized carbons (Fsp3) is 0. The molecule has 16 heavy (non-hydrogen) atoms. The van der Waals surface area contributed by atoms with E-state index in [4.69, 9.17) is 0 Å². The molecule has 80 valence electrons. The van der Waals surface area contributed by atoms with Crippen LogP contribution in [0.15, 0.2) is 35.3 Å². The van der Waals surface area contributed by atoms with Gasteiger partial charge in [-0.15, -0.1) is 0 Å². The molecular formula is C11H7FN2O2. The van der Waals surface area contributed by atoms with Gasteiger partial charge in [0.25, 0.3) is 5.56 Å². The van der Waals surface area contributed by atoms with Crippen LogP contribution >= 0.6 is 0 Å². The highest BCUT2D eigenvalue weighted by atomic mass is 19.1. The molecular weight excluding hydrogens is 211 g/mol. The van der Waals surface area contributed by atoms with Gasteiger partial charge in [-0.1, -0.05) is 0 Å². The van der Waals surface area contributed by atoms with Crippen molar-refractivity contribution in [2.45, 2.75) is 0 Å². The summed E-state index contributed by atoms with van der Waals surface area (Å²) in [5.74, 6) is -0.824. The number of hydrogen-bond acceptors (Lipinski definition) is 2. The fourth-order valence-corrected chi connectivity index (χ4v) is 1.85. The number of H-pyrrole nitrogens is 1. The van der Waals surface area contributed by atoms with E-state index in [0.717, 1.165) is 6.07 Å². The maximum atomic E-state index is 13.2. The van der Waals surface area contributed by atoms with Crippen LogP contribution in [0.4, 0.5) is 4.39 Å². The van der Waals surface area contributed by atoms with E-state index in [2.05, 4.69) is 4.98 Å². The topological polar surface area (TPSA) is 57.5 Å². The number of nitrogens with one attached hydrogen (secondary N) is 1. The molecule has 0 saturated carbocycles. The molecule has 2 heterocycles. The van der Waals surface area contributed by atoms with E-state index < -0.39 is 5.82 Å². The molecule has 3 aromatic rings. The van der Waals surface area contributed by atoms with Gasteiger partial charge in [-0.3, -0.25) is 4.79 Å². The van der Waals surface area contributed by atoms with E-state index in [1.807, 2.05) is 0 Å². The van der Waals surface area contributed by atoms with E-state index in [1.165, 1.54) is 10.5 Å². The van der Waals surface area contributed by atoms with E-state index >= 15 is 0 Å². The van der Waals surface area contributed by atoms with Crippen molar-refractivity contribution in [3.8, 4) is 5.75 Å². The molecule has 5 heteroatoms. The molecule has 3 rings (SSSR count). The lowest BCUT2D eigenvalue weighted by Gasteiger charge is -2.04. The van der Waals surface area contributed by atoms with E-state index in [1.54, 1.807) is 18.3 Å². The average Bonchev–Trinajstić information content (AvgIpc) is 2.69. The van der Waals surface area contributed by atoms with Gasteiger partial charge in [0.15, 0.2) is 0 Å². The molecule has 0 aliphatic rings. The minimum atomic E-state index is -0.549. The molecule has 0 fully saturated rings. The fourth-order valence-electron chi connectivity index (χ4n) is 1.85. The third-order valence-electron chi connectivity index (χ3n) is 2.54. The highest BCUT2D eigenvalue weighted by Crippen LogP contribution is 2.23. The Morgan fingerprint density at radius 3 is 2.94 bits per heavy atom. The molecule has 0 spiro atoms. The summed E-state index contributed by atoms with van der Waals surface area (Å²) in [5.41, 5.74) is 0.754. The molecule has 4 nitrogen and oxygen atoms in total. The largest absolute Gasteiger partial charge is 0.506 e. The monoisotopic (exact) mass is 218 g/mol. The third-order valence-corrected chi connectivity index (χ3v) is 2.54. The van der Waals surface area contributed by atoms with Crippen LogP contribution in [0.2, 0.25) is 0 Å². The molecule has 2 N–H and O–H groups in total. The normalized spacial score (nSPS) is 11.3. The second kappa shape index (κ2) is 2.85. The highest BCUT2D eigenvalue weighted by molar-refractivity contribution is 5.83. The second-order valence-electron chi connectivity index (χ2n) is 3.54. The van der Waals surface area contributed by atoms with Gasteiger partial charge in [-0.05, 0) is 12.1 Å². The molecule has 0 atom stereocenters. The van der Waals surface area contributed by atoms with Crippen LogP contribution in [-0.2, 0) is 0 Å². The van der Waals surface area contributed by atoms with E-state index in [0.29, 0.717) is 11.0 Å². The minimum absolute atomic E-state index is 0.232. The Bertz CT molecular complexity index is 758. The Labute approximate surface area is 88.6 Å². The second-order valence-corrected chi connectivity index (χ2v) is 3.54. The lowest BCUT2D eigenvalue weighted by Crippen LogP contribution is -2.09. The highest BCUT2D eigenvalue weighted by Gasteiger charge is 2.09. The Morgan fingerprint density at radius 2 is 2.12 bits per heavy atom. The van der Waals surface area contributed by atoms with Gasteiger partial charge in [-0.25, -0.2) is 4.39 Å². The zero-order valence-electron chi connectivity index (χ0n) is 8.07. The first kappa shape index (κ1) is 8.96. The van der Waals surface area contributed by atoms with Crippen molar-refractivity contribution in [1.29, 1.82) is 0 Å². The van der Waals surface area contributed by atoms with Crippen molar-refractivity contribution in [3.05, 3.63) is 46.6 Å². The summed E-state index contributed by atoms with van der Waals surface area (Å²) in [7, 11) is 0. The van der Waals surface area contributed by atoms with Crippen molar-refractivity contribution in [2.24, 2.45) is 0 Å². The van der Waals surface area contributed by atoms with Gasteiger partial charge in [0, 0.05) is 18.3 Å². The van der Waals surface area contributed by atoms with Gasteiger partial charge in [0.1, 0.15) is 22.6 Å². The lowest BCUT2D eigenvalue weighted by molar-refractivity contribution is 0.474. The lowest BCUT2D eigenvalue weighted by atomic mass is 10.2. The number of aromatic nitrogens is 2. The summed E-state index contributed by atoms with van der Waals surface area (Å²) >= 11 is 0. The van der Waals surface area contributed by atoms with Crippen LogP contribution in [0.3, 0.4) is 0 Å². The number of fused-ring (bicyclic) bond motifs is 3. The summed E-state index contributed by atoms with van der Waals surface area (Å²) in [4.78, 5) is 14.1. The summed E-state index contributed by atoms with van der Waals surface area (Å²) in [6.45, 7) is 0. The maximum absolute atomic E-state index is 13.2. The average molecular weight is 218 g/mol. The van der Waals surface area contributed by atoms with Crippen LogP contribution in [0.5, 0.6) is 5.75 Å². The standard InChI is InChI=1S/C11H7FN2O2/c12-6-4-8-10(9(15)5-6)13-11(16)7-2-1-3-14(7)8/h1-5,15H,(H,13,16). The zero-order valence-corrected chi connectivity index (χ0v) is 8.07. The first-order valence-electron chi connectivity index (χ1n) is 4.68. The number of rotatable bonds is 0. The Kier molecular flexibility index (Phi) is 1.60. The first-order chi connectivity index (χ1) is 7.66. The first-order valence-corrected chi connectivity index (χ1v) is 4.68. The summed E-state index contributed by atoms with van der Waals surface area (Å²) in [6, 6.07) is 5.54. The summed E-state index contributed by atoms with van der Waals surface area (Å²) < 4.78 is 14.7. The zero-order chi connectivity index (χ0) is 11.3. The third kappa shape index (κ3) is 1.05. The molecule has 0 bridgehead atoms. The van der Waals surface area contributed by atoms with Crippen LogP contribution in [0, 0.1) is 5.82 Å². The predicted molar refractivity (Wildman–Crippen MR) is 57.1 cm³/mol. The number of phenolic OH excluding ortho intramolecular Hbond substituents is 1. The van der Waals surface area contributed by atoms with Crippen LogP contribution in [0.25, 0.3) is 16.6 Å². The van der Waals surface area contributed by atoms with Crippen molar-refractivity contribution >= 4 is 16.6 Å². The minimum Gasteiger partial charge on any atom is -0.506 e. The van der Waals surface area contributed by atoms with Crippen molar-refractivity contribution in [1.82, 2.24) is 9.38 Å². The van der Waals surface area contributed by atoms with Crippen LogP contribution in [0.1, 0.15) is 0 Å². The molecule has 1 aromatic carbocycles. The number of benzene rings is 1. The van der Waals surface area contributed by atoms with Crippen molar-refractivity contribution in [2.75, 3.05) is 0 Å². The number of nitrogens with zero attached hydrogens (tertiary/aromatic N) is 1. The number of aromatic amines is 1. The molecule has 0 radical (unpaired) electrons. The van der Waals surface area contributed by atoms with Crippen LogP contribution < -0.4 is 5.56 Å². The number of halogens is 1. The molecule has 0 aliphatic heterocycles. The SMILES string of the molecule is O=c1[nH]c2c(O)cc(F)cc2n2cccc12. The van der Waals surface area contributed by atoms with Gasteiger partial charge in [0.05, 0.1) is 5.52 Å². The van der Waals surface area contributed by atoms with Gasteiger partial charge < -0.3 is 14.5 Å². The number of hydrogen-bond donors (Lipinski definition) is 2. The molecule has 0 aliphatic carbocycles. The Hall–Kier alpha value is -2.30. The van der Waals surface area contributed by atoms with Crippen molar-refractivity contribution in [3.63, 3.8) is 0 Å². The summed E-state index contributed by atoms with van der Waals surface area (Å²) in [6.07, 6.45) is 1.64. The van der Waals surface area contributed by atoms with Gasteiger partial charge in [0.2, 0.25) is 0 Å². The van der Waals surface area contributed by atoms with Gasteiger partial charge in [-0.2, -0.15) is 0 Å². The maximum Gasteiger partial charge on any atom is 0.272 e. The van der Waals surface area contributed by atoms with Crippen LogP contribution in [-0.4, -0.2) is 14.5 Å². The smallest absolute Gasteiger partial charge is 0.272 e. The quantitative estimate of drug-likeness (QED) is 0.602. The molecule has 0 unspecified atom stereocenters. The number of phenols is 1. The number of aromatic hydroxyl groups is 1. The van der Waals surface area contributed by atoms with E-state index in [-0.39, 0.29) is 16.8 Å². The van der Waals surface area contributed by atoms with E-state index in [9.17, 15) is 14.3 Å². The van der Waals surface area contributed by atoms with Gasteiger partial charge >= 0.3 is 0 Å². The predicted octanol–water partition coefficient (Wildman–Crippen LogP) is 1.63. The Balaban J connectivity index is 2.69. The van der Waals surface area contributed by atoms with Crippen molar-refractivity contribution < 1.29 is 9.50 Å². The Morgan fingerprint density at radius 1 is 1.31 bits per heavy atom. The summed E-state index contributed by atoms with van der Waals surface area (Å²) in [5, 5.41) is 9.55. The molecule has 0 amide bonds. The molecule has 2 aromatic heterocycles.